The summed E-state index contributed by atoms with van der Waals surface area (Å²) in [5.74, 6) is -0.662. The summed E-state index contributed by atoms with van der Waals surface area (Å²) in [5, 5.41) is 7.47. The molecule has 0 radical (unpaired) electrons. The highest BCUT2D eigenvalue weighted by Gasteiger charge is 2.50. The molecule has 3 heterocycles. The third-order valence-corrected chi connectivity index (χ3v) is 5.84. The second-order valence-electron chi connectivity index (χ2n) is 7.78. The van der Waals surface area contributed by atoms with E-state index in [9.17, 15) is 14.0 Å². The van der Waals surface area contributed by atoms with Gasteiger partial charge in [-0.1, -0.05) is 6.07 Å². The summed E-state index contributed by atoms with van der Waals surface area (Å²) in [7, 11) is 0. The number of fused-ring (bicyclic) bond motifs is 1. The molecule has 1 N–H and O–H groups in total. The molecule has 30 heavy (non-hydrogen) atoms. The highest BCUT2D eigenvalue weighted by Crippen LogP contribution is 2.32. The summed E-state index contributed by atoms with van der Waals surface area (Å²) in [6, 6.07) is 11.0. The monoisotopic (exact) mass is 405 g/mol. The molecule has 1 atom stereocenters. The van der Waals surface area contributed by atoms with Crippen LogP contribution in [0.25, 0.3) is 5.69 Å². The van der Waals surface area contributed by atoms with Crippen LogP contribution in [0.3, 0.4) is 0 Å². The summed E-state index contributed by atoms with van der Waals surface area (Å²) >= 11 is 0. The lowest BCUT2D eigenvalue weighted by atomic mass is 9.97. The van der Waals surface area contributed by atoms with Crippen LogP contribution in [-0.2, 0) is 29.7 Å². The topological polar surface area (TPSA) is 80.1 Å². The molecule has 3 aromatic rings. The van der Waals surface area contributed by atoms with Crippen LogP contribution in [0.1, 0.15) is 36.0 Å². The lowest BCUT2D eigenvalue weighted by molar-refractivity contribution is -0.131. The Kier molecular flexibility index (Phi) is 4.16. The number of amides is 3. The van der Waals surface area contributed by atoms with E-state index in [1.165, 1.54) is 17.0 Å². The van der Waals surface area contributed by atoms with E-state index in [2.05, 4.69) is 15.4 Å². The second-order valence-corrected chi connectivity index (χ2v) is 7.78. The molecule has 0 saturated carbocycles. The van der Waals surface area contributed by atoms with Crippen molar-refractivity contribution in [3.05, 3.63) is 77.1 Å². The highest BCUT2D eigenvalue weighted by molar-refractivity contribution is 6.06. The minimum atomic E-state index is -1.21. The molecular formula is C22H20FN5O2. The molecule has 7 nitrogen and oxygen atoms in total. The standard InChI is InChI=1S/C22H20FN5O2/c1-22(19-7-2-3-12-24-19)20(29)27(21(30)25-22)13-17-16-5-4-6-18(16)28(26-17)15-10-8-14(23)9-11-15/h2-3,7-12H,4-6,13H2,1H3,(H,25,30). The molecule has 2 aromatic heterocycles. The van der Waals surface area contributed by atoms with Crippen molar-refractivity contribution in [2.45, 2.75) is 38.3 Å². The number of halogens is 1. The number of imide groups is 1. The summed E-state index contributed by atoms with van der Waals surface area (Å²) in [6.45, 7) is 1.75. The van der Waals surface area contributed by atoms with Crippen LogP contribution in [0, 0.1) is 5.82 Å². The van der Waals surface area contributed by atoms with Gasteiger partial charge in [-0.3, -0.25) is 14.7 Å². The zero-order chi connectivity index (χ0) is 20.9. The van der Waals surface area contributed by atoms with Crippen molar-refractivity contribution < 1.29 is 14.0 Å². The second kappa shape index (κ2) is 6.76. The van der Waals surface area contributed by atoms with E-state index in [0.717, 1.165) is 36.2 Å². The lowest BCUT2D eigenvalue weighted by Crippen LogP contribution is -2.41. The molecule has 1 unspecified atom stereocenters. The van der Waals surface area contributed by atoms with Crippen molar-refractivity contribution in [2.75, 3.05) is 0 Å². The smallest absolute Gasteiger partial charge is 0.318 e. The van der Waals surface area contributed by atoms with Crippen LogP contribution < -0.4 is 5.32 Å². The van der Waals surface area contributed by atoms with Crippen molar-refractivity contribution in [2.24, 2.45) is 0 Å². The Morgan fingerprint density at radius 1 is 1.13 bits per heavy atom. The average molecular weight is 405 g/mol. The molecule has 152 valence electrons. The maximum atomic E-state index is 13.3. The predicted octanol–water partition coefficient (Wildman–Crippen LogP) is 2.86. The Morgan fingerprint density at radius 2 is 1.93 bits per heavy atom. The fourth-order valence-corrected chi connectivity index (χ4v) is 4.26. The molecule has 1 aromatic carbocycles. The van der Waals surface area contributed by atoms with Crippen LogP contribution in [0.5, 0.6) is 0 Å². The van der Waals surface area contributed by atoms with Crippen LogP contribution in [0.15, 0.2) is 48.7 Å². The van der Waals surface area contributed by atoms with E-state index < -0.39 is 11.6 Å². The molecule has 1 saturated heterocycles. The van der Waals surface area contributed by atoms with Crippen molar-refractivity contribution >= 4 is 11.9 Å². The number of rotatable bonds is 4. The number of hydrogen-bond acceptors (Lipinski definition) is 4. The summed E-state index contributed by atoms with van der Waals surface area (Å²) in [4.78, 5) is 31.3. The zero-order valence-electron chi connectivity index (χ0n) is 16.4. The Hall–Kier alpha value is -3.55. The Morgan fingerprint density at radius 3 is 2.67 bits per heavy atom. The van der Waals surface area contributed by atoms with Gasteiger partial charge < -0.3 is 5.32 Å². The van der Waals surface area contributed by atoms with Gasteiger partial charge >= 0.3 is 6.03 Å². The third-order valence-electron chi connectivity index (χ3n) is 5.84. The first-order valence-corrected chi connectivity index (χ1v) is 9.88. The third kappa shape index (κ3) is 2.79. The van der Waals surface area contributed by atoms with E-state index >= 15 is 0 Å². The maximum absolute atomic E-state index is 13.3. The molecule has 1 fully saturated rings. The quantitative estimate of drug-likeness (QED) is 0.677. The van der Waals surface area contributed by atoms with Gasteiger partial charge in [0.05, 0.1) is 23.6 Å². The maximum Gasteiger partial charge on any atom is 0.325 e. The number of carbonyl (C=O) groups is 2. The largest absolute Gasteiger partial charge is 0.325 e. The number of pyridine rings is 1. The van der Waals surface area contributed by atoms with Gasteiger partial charge in [0, 0.05) is 11.9 Å². The summed E-state index contributed by atoms with van der Waals surface area (Å²) in [6.07, 6.45) is 4.27. The number of benzene rings is 1. The predicted molar refractivity (Wildman–Crippen MR) is 106 cm³/mol. The fraction of sp³-hybridized carbons (Fsp3) is 0.273. The first kappa shape index (κ1) is 18.5. The van der Waals surface area contributed by atoms with Crippen LogP contribution in [-0.4, -0.2) is 31.6 Å². The van der Waals surface area contributed by atoms with E-state index in [-0.39, 0.29) is 18.3 Å². The van der Waals surface area contributed by atoms with Crippen molar-refractivity contribution in [3.63, 3.8) is 0 Å². The van der Waals surface area contributed by atoms with Gasteiger partial charge in [-0.25, -0.2) is 13.9 Å². The van der Waals surface area contributed by atoms with Crippen LogP contribution in [0.4, 0.5) is 9.18 Å². The highest BCUT2D eigenvalue weighted by atomic mass is 19.1. The van der Waals surface area contributed by atoms with Crippen molar-refractivity contribution in [3.8, 4) is 5.69 Å². The molecule has 8 heteroatoms. The minimum absolute atomic E-state index is 0.0869. The molecule has 1 aliphatic carbocycles. The molecule has 1 aliphatic heterocycles. The first-order chi connectivity index (χ1) is 14.5. The lowest BCUT2D eigenvalue weighted by Gasteiger charge is -2.20. The van der Waals surface area contributed by atoms with Crippen molar-refractivity contribution in [1.29, 1.82) is 0 Å². The van der Waals surface area contributed by atoms with E-state index in [0.29, 0.717) is 11.4 Å². The van der Waals surface area contributed by atoms with E-state index in [4.69, 9.17) is 0 Å². The zero-order valence-corrected chi connectivity index (χ0v) is 16.4. The number of nitrogens with one attached hydrogen (secondary N) is 1. The average Bonchev–Trinajstić information content (AvgIpc) is 3.41. The van der Waals surface area contributed by atoms with Gasteiger partial charge in [-0.2, -0.15) is 5.10 Å². The van der Waals surface area contributed by atoms with Gasteiger partial charge in [0.15, 0.2) is 5.54 Å². The number of aromatic nitrogens is 3. The van der Waals surface area contributed by atoms with Gasteiger partial charge in [0.2, 0.25) is 0 Å². The fourth-order valence-electron chi connectivity index (χ4n) is 4.26. The van der Waals surface area contributed by atoms with Crippen LogP contribution >= 0.6 is 0 Å². The first-order valence-electron chi connectivity index (χ1n) is 9.88. The van der Waals surface area contributed by atoms with Crippen molar-refractivity contribution in [1.82, 2.24) is 25.0 Å². The molecular weight excluding hydrogens is 385 g/mol. The molecule has 0 bridgehead atoms. The minimum Gasteiger partial charge on any atom is -0.318 e. The normalized spacial score (nSPS) is 20.5. The Balaban J connectivity index is 1.48. The number of hydrogen-bond donors (Lipinski definition) is 1. The number of nitrogens with zero attached hydrogens (tertiary/aromatic N) is 4. The molecule has 2 aliphatic rings. The summed E-state index contributed by atoms with van der Waals surface area (Å²) in [5.41, 5.74) is 2.86. The van der Waals surface area contributed by atoms with Crippen LogP contribution in [0.2, 0.25) is 0 Å². The Bertz CT molecular complexity index is 1140. The van der Waals surface area contributed by atoms with Gasteiger partial charge in [-0.05, 0) is 68.1 Å². The van der Waals surface area contributed by atoms with Gasteiger partial charge in [-0.15, -0.1) is 0 Å². The number of urea groups is 1. The number of carbonyl (C=O) groups excluding carboxylic acids is 2. The van der Waals surface area contributed by atoms with Gasteiger partial charge in [0.25, 0.3) is 5.91 Å². The van der Waals surface area contributed by atoms with E-state index in [1.807, 2.05) is 0 Å². The molecule has 5 rings (SSSR count). The molecule has 0 spiro atoms. The Labute approximate surface area is 172 Å². The molecule has 3 amide bonds. The van der Waals surface area contributed by atoms with E-state index in [1.54, 1.807) is 48.1 Å². The SMILES string of the molecule is CC1(c2ccccn2)NC(=O)N(Cc2nn(-c3ccc(F)cc3)c3c2CCC3)C1=O. The van der Waals surface area contributed by atoms with Gasteiger partial charge in [0.1, 0.15) is 5.82 Å². The summed E-state index contributed by atoms with van der Waals surface area (Å²) < 4.78 is 15.1.